The molecule has 2 heterocycles. The minimum Gasteiger partial charge on any atom is -0.353 e. The number of rotatable bonds is 5. The number of para-hydroxylation sites is 1. The van der Waals surface area contributed by atoms with Gasteiger partial charge in [-0.05, 0) is 51.4 Å². The summed E-state index contributed by atoms with van der Waals surface area (Å²) in [4.78, 5) is 28.9. The summed E-state index contributed by atoms with van der Waals surface area (Å²) >= 11 is 0. The molecule has 2 atom stereocenters. The topological polar surface area (TPSA) is 52.7 Å². The number of nitrogens with one attached hydrogen (secondary N) is 1. The van der Waals surface area contributed by atoms with E-state index in [-0.39, 0.29) is 17.9 Å². The van der Waals surface area contributed by atoms with Gasteiger partial charge < -0.3 is 5.32 Å². The number of carbonyl (C=O) groups is 2. The van der Waals surface area contributed by atoms with Gasteiger partial charge >= 0.3 is 0 Å². The van der Waals surface area contributed by atoms with Gasteiger partial charge in [0.15, 0.2) is 0 Å². The van der Waals surface area contributed by atoms with Crippen LogP contribution in [0.2, 0.25) is 0 Å². The number of hydrogen-bond acceptors (Lipinski definition) is 3. The number of benzene rings is 1. The van der Waals surface area contributed by atoms with E-state index >= 15 is 0 Å². The van der Waals surface area contributed by atoms with Crippen LogP contribution >= 0.6 is 0 Å². The summed E-state index contributed by atoms with van der Waals surface area (Å²) in [5, 5.41) is 3.07. The third kappa shape index (κ3) is 3.78. The maximum Gasteiger partial charge on any atom is 0.243 e. The summed E-state index contributed by atoms with van der Waals surface area (Å²) < 4.78 is 0. The summed E-state index contributed by atoms with van der Waals surface area (Å²) in [7, 11) is 0. The van der Waals surface area contributed by atoms with Gasteiger partial charge in [0.1, 0.15) is 6.04 Å². The summed E-state index contributed by atoms with van der Waals surface area (Å²) in [5.41, 5.74) is 0.809. The number of likely N-dealkylation sites (tertiary alicyclic amines) is 1. The molecule has 0 spiro atoms. The van der Waals surface area contributed by atoms with Gasteiger partial charge in [0.2, 0.25) is 11.8 Å². The van der Waals surface area contributed by atoms with Crippen molar-refractivity contribution < 1.29 is 9.59 Å². The molecule has 0 bridgehead atoms. The highest BCUT2D eigenvalue weighted by molar-refractivity contribution is 6.03. The van der Waals surface area contributed by atoms with Crippen LogP contribution < -0.4 is 10.2 Å². The van der Waals surface area contributed by atoms with Crippen molar-refractivity contribution in [1.82, 2.24) is 10.2 Å². The van der Waals surface area contributed by atoms with Gasteiger partial charge in [0.05, 0.1) is 0 Å². The maximum absolute atomic E-state index is 12.6. The Kier molecular flexibility index (Phi) is 5.51. The Hall–Kier alpha value is -1.88. The molecular formula is C19H27N3O2. The highest BCUT2D eigenvalue weighted by Gasteiger charge is 2.37. The van der Waals surface area contributed by atoms with Crippen LogP contribution in [-0.4, -0.2) is 48.4 Å². The van der Waals surface area contributed by atoms with E-state index < -0.39 is 0 Å². The van der Waals surface area contributed by atoms with Crippen LogP contribution in [-0.2, 0) is 9.59 Å². The number of amides is 2. The summed E-state index contributed by atoms with van der Waals surface area (Å²) in [6.07, 6.45) is 4.84. The van der Waals surface area contributed by atoms with Crippen LogP contribution in [0.1, 0.15) is 39.0 Å². The lowest BCUT2D eigenvalue weighted by molar-refractivity contribution is -0.124. The molecule has 2 aliphatic rings. The fraction of sp³-hybridized carbons (Fsp3) is 0.579. The largest absolute Gasteiger partial charge is 0.353 e. The summed E-state index contributed by atoms with van der Waals surface area (Å²) in [5.74, 6) is -0.000934. The quantitative estimate of drug-likeness (QED) is 0.901. The molecule has 24 heavy (non-hydrogen) atoms. The second kappa shape index (κ2) is 7.79. The van der Waals surface area contributed by atoms with Gasteiger partial charge in [0, 0.05) is 24.7 Å². The predicted molar refractivity (Wildman–Crippen MR) is 94.8 cm³/mol. The van der Waals surface area contributed by atoms with E-state index in [9.17, 15) is 9.59 Å². The zero-order valence-corrected chi connectivity index (χ0v) is 14.4. The number of hydrogen-bond donors (Lipinski definition) is 1. The van der Waals surface area contributed by atoms with E-state index in [1.165, 1.54) is 19.3 Å². The van der Waals surface area contributed by atoms with Gasteiger partial charge in [-0.15, -0.1) is 0 Å². The molecule has 130 valence electrons. The summed E-state index contributed by atoms with van der Waals surface area (Å²) in [6.45, 7) is 5.05. The smallest absolute Gasteiger partial charge is 0.243 e. The molecule has 2 aliphatic heterocycles. The van der Waals surface area contributed by atoms with Crippen LogP contribution in [0.25, 0.3) is 0 Å². The molecule has 0 aromatic heterocycles. The Morgan fingerprint density at radius 3 is 2.62 bits per heavy atom. The van der Waals surface area contributed by atoms with Crippen LogP contribution in [0.4, 0.5) is 5.69 Å². The molecule has 2 amide bonds. The lowest BCUT2D eigenvalue weighted by Crippen LogP contribution is -2.49. The minimum atomic E-state index is -0.381. The molecule has 2 fully saturated rings. The van der Waals surface area contributed by atoms with Crippen molar-refractivity contribution >= 4 is 17.5 Å². The third-order valence-corrected chi connectivity index (χ3v) is 5.13. The van der Waals surface area contributed by atoms with E-state index in [4.69, 9.17) is 0 Å². The van der Waals surface area contributed by atoms with Crippen LogP contribution in [0, 0.1) is 0 Å². The van der Waals surface area contributed by atoms with Crippen LogP contribution in [0.3, 0.4) is 0 Å². The first-order valence-electron chi connectivity index (χ1n) is 9.05. The third-order valence-electron chi connectivity index (χ3n) is 5.13. The molecule has 1 aromatic carbocycles. The summed E-state index contributed by atoms with van der Waals surface area (Å²) in [6, 6.07) is 9.45. The lowest BCUT2D eigenvalue weighted by atomic mass is 10.1. The fourth-order valence-corrected chi connectivity index (χ4v) is 3.70. The second-order valence-corrected chi connectivity index (χ2v) is 6.84. The Morgan fingerprint density at radius 2 is 1.92 bits per heavy atom. The zero-order valence-electron chi connectivity index (χ0n) is 14.4. The molecule has 5 nitrogen and oxygen atoms in total. The molecule has 5 heteroatoms. The first kappa shape index (κ1) is 17.0. The second-order valence-electron chi connectivity index (χ2n) is 6.84. The van der Waals surface area contributed by atoms with Crippen molar-refractivity contribution in [3.05, 3.63) is 30.3 Å². The molecule has 3 rings (SSSR count). The Morgan fingerprint density at radius 1 is 1.21 bits per heavy atom. The monoisotopic (exact) mass is 329 g/mol. The van der Waals surface area contributed by atoms with Gasteiger partial charge in [0.25, 0.3) is 0 Å². The van der Waals surface area contributed by atoms with Gasteiger partial charge in [-0.3, -0.25) is 19.4 Å². The molecule has 0 radical (unpaired) electrons. The van der Waals surface area contributed by atoms with E-state index in [2.05, 4.69) is 17.1 Å². The molecule has 2 saturated heterocycles. The Bertz CT molecular complexity index is 569. The molecule has 2 unspecified atom stereocenters. The number of nitrogens with zero attached hydrogens (tertiary/aromatic N) is 2. The van der Waals surface area contributed by atoms with Gasteiger partial charge in [-0.1, -0.05) is 24.6 Å². The number of anilines is 1. The fourth-order valence-electron chi connectivity index (χ4n) is 3.70. The number of carbonyl (C=O) groups excluding carboxylic acids is 2. The average Bonchev–Trinajstić information content (AvgIpc) is 3.02. The van der Waals surface area contributed by atoms with E-state index in [0.717, 1.165) is 18.8 Å². The van der Waals surface area contributed by atoms with E-state index in [1.807, 2.05) is 30.3 Å². The molecule has 1 N–H and O–H groups in total. The Labute approximate surface area is 144 Å². The van der Waals surface area contributed by atoms with Crippen molar-refractivity contribution in [3.63, 3.8) is 0 Å². The van der Waals surface area contributed by atoms with Crippen molar-refractivity contribution in [3.8, 4) is 0 Å². The van der Waals surface area contributed by atoms with E-state index in [1.54, 1.807) is 4.90 Å². The van der Waals surface area contributed by atoms with Gasteiger partial charge in [-0.2, -0.15) is 0 Å². The lowest BCUT2D eigenvalue weighted by Gasteiger charge is -2.33. The minimum absolute atomic E-state index is 0.0328. The average molecular weight is 329 g/mol. The SMILES string of the molecule is CC(CNC(=O)C1CCC(=O)N1c1ccccc1)N1CCCCC1. The van der Waals surface area contributed by atoms with Crippen molar-refractivity contribution in [2.75, 3.05) is 24.5 Å². The van der Waals surface area contributed by atoms with Crippen LogP contribution in [0.15, 0.2) is 30.3 Å². The number of piperidine rings is 1. The highest BCUT2D eigenvalue weighted by Crippen LogP contribution is 2.26. The zero-order chi connectivity index (χ0) is 16.9. The van der Waals surface area contributed by atoms with E-state index in [0.29, 0.717) is 25.4 Å². The molecule has 0 saturated carbocycles. The van der Waals surface area contributed by atoms with Crippen molar-refractivity contribution in [2.24, 2.45) is 0 Å². The standard InChI is InChI=1S/C19H27N3O2/c1-15(21-12-6-3-7-13-21)14-20-19(24)17-10-11-18(23)22(17)16-8-4-2-5-9-16/h2,4-5,8-9,15,17H,3,6-7,10-14H2,1H3,(H,20,24). The first-order chi connectivity index (χ1) is 11.7. The van der Waals surface area contributed by atoms with Crippen molar-refractivity contribution in [2.45, 2.75) is 51.1 Å². The van der Waals surface area contributed by atoms with Crippen LogP contribution in [0.5, 0.6) is 0 Å². The van der Waals surface area contributed by atoms with Gasteiger partial charge in [-0.25, -0.2) is 0 Å². The molecule has 0 aliphatic carbocycles. The first-order valence-corrected chi connectivity index (χ1v) is 9.05. The highest BCUT2D eigenvalue weighted by atomic mass is 16.2. The Balaban J connectivity index is 1.58. The molecular weight excluding hydrogens is 302 g/mol. The maximum atomic E-state index is 12.6. The molecule has 1 aromatic rings. The predicted octanol–water partition coefficient (Wildman–Crippen LogP) is 2.17. The van der Waals surface area contributed by atoms with Crippen molar-refractivity contribution in [1.29, 1.82) is 0 Å². The normalized spacial score (nSPS) is 23.3.